The molecule has 3 aromatic carbocycles. The molecular weight excluding hydrogens is 382 g/mol. The highest BCUT2D eigenvalue weighted by Crippen LogP contribution is 2.31. The first kappa shape index (κ1) is 20.1. The largest absolute Gasteiger partial charge is 0.336 e. The van der Waals surface area contributed by atoms with E-state index < -0.39 is 0 Å². The highest BCUT2D eigenvalue weighted by molar-refractivity contribution is 5.94. The average Bonchev–Trinajstić information content (AvgIpc) is 3.14. The Morgan fingerprint density at radius 3 is 2.00 bits per heavy atom. The van der Waals surface area contributed by atoms with Gasteiger partial charge in [-0.05, 0) is 60.4 Å². The number of benzene rings is 3. The lowest BCUT2D eigenvalue weighted by molar-refractivity contribution is 0.251. The van der Waals surface area contributed by atoms with Gasteiger partial charge in [0, 0.05) is 18.2 Å². The van der Waals surface area contributed by atoms with Crippen molar-refractivity contribution in [3.63, 3.8) is 0 Å². The summed E-state index contributed by atoms with van der Waals surface area (Å²) in [4.78, 5) is 14.2. The van der Waals surface area contributed by atoms with Crippen LogP contribution in [0, 0.1) is 11.6 Å². The average molecular weight is 406 g/mol. The second-order valence-corrected chi connectivity index (χ2v) is 7.63. The molecule has 1 N–H and O–H groups in total. The summed E-state index contributed by atoms with van der Waals surface area (Å²) in [5.74, 6) is -0.502. The third-order valence-electron chi connectivity index (χ3n) is 5.68. The molecule has 1 saturated heterocycles. The minimum Gasteiger partial charge on any atom is -0.336 e. The van der Waals surface area contributed by atoms with Gasteiger partial charge in [-0.25, -0.2) is 13.6 Å². The lowest BCUT2D eigenvalue weighted by Gasteiger charge is -2.24. The van der Waals surface area contributed by atoms with Crippen LogP contribution in [-0.4, -0.2) is 18.6 Å². The molecule has 1 unspecified atom stereocenters. The summed E-state index contributed by atoms with van der Waals surface area (Å²) >= 11 is 0. The molecule has 1 heterocycles. The van der Waals surface area contributed by atoms with Crippen molar-refractivity contribution in [3.8, 4) is 0 Å². The molecule has 0 radical (unpaired) electrons. The smallest absolute Gasteiger partial charge is 0.322 e. The van der Waals surface area contributed by atoms with Crippen LogP contribution in [0.2, 0.25) is 0 Å². The van der Waals surface area contributed by atoms with E-state index in [1.165, 1.54) is 24.3 Å². The summed E-state index contributed by atoms with van der Waals surface area (Å²) in [7, 11) is 0. The first-order chi connectivity index (χ1) is 14.6. The van der Waals surface area contributed by atoms with E-state index in [1.54, 1.807) is 24.3 Å². The van der Waals surface area contributed by atoms with Crippen LogP contribution in [0.4, 0.5) is 19.3 Å². The molecule has 0 aromatic heterocycles. The Morgan fingerprint density at radius 2 is 1.43 bits per heavy atom. The Kier molecular flexibility index (Phi) is 6.07. The molecule has 0 spiro atoms. The summed E-state index contributed by atoms with van der Waals surface area (Å²) in [6, 6.07) is 22.7. The molecule has 0 bridgehead atoms. The van der Waals surface area contributed by atoms with Gasteiger partial charge in [-0.15, -0.1) is 0 Å². The molecular formula is C25H24F2N2O. The predicted octanol–water partition coefficient (Wildman–Crippen LogP) is 5.87. The van der Waals surface area contributed by atoms with Gasteiger partial charge < -0.3 is 5.32 Å². The van der Waals surface area contributed by atoms with Gasteiger partial charge in [-0.2, -0.15) is 0 Å². The summed E-state index contributed by atoms with van der Waals surface area (Å²) in [6.07, 6.45) is 2.54. The number of nitrogens with one attached hydrogen (secondary N) is 1. The highest BCUT2D eigenvalue weighted by Gasteiger charge is 2.31. The van der Waals surface area contributed by atoms with Crippen molar-refractivity contribution in [3.05, 3.63) is 102 Å². The molecule has 3 nitrogen and oxygen atoms in total. The zero-order valence-corrected chi connectivity index (χ0v) is 16.6. The van der Waals surface area contributed by atoms with Gasteiger partial charge in [-0.1, -0.05) is 48.9 Å². The van der Waals surface area contributed by atoms with E-state index in [0.717, 1.165) is 36.1 Å². The summed E-state index contributed by atoms with van der Waals surface area (Å²) in [6.45, 7) is 0.617. The number of carbonyl (C=O) groups excluding carboxylic acids is 1. The Balaban J connectivity index is 1.48. The normalized spacial score (nSPS) is 16.2. The molecule has 2 amide bonds. The molecule has 0 aliphatic carbocycles. The fraction of sp³-hybridized carbons (Fsp3) is 0.240. The number of hydrogen-bond donors (Lipinski definition) is 1. The molecule has 154 valence electrons. The second kappa shape index (κ2) is 9.08. The van der Waals surface area contributed by atoms with Crippen molar-refractivity contribution < 1.29 is 13.6 Å². The van der Waals surface area contributed by atoms with E-state index >= 15 is 0 Å². The fourth-order valence-electron chi connectivity index (χ4n) is 4.17. The van der Waals surface area contributed by atoms with Crippen molar-refractivity contribution in [2.75, 3.05) is 11.4 Å². The van der Waals surface area contributed by atoms with Crippen LogP contribution in [0.1, 0.15) is 36.3 Å². The minimum absolute atomic E-state index is 0.0430. The van der Waals surface area contributed by atoms with Crippen LogP contribution in [0.25, 0.3) is 0 Å². The van der Waals surface area contributed by atoms with Gasteiger partial charge in [0.1, 0.15) is 11.6 Å². The van der Waals surface area contributed by atoms with Gasteiger partial charge in [0.25, 0.3) is 0 Å². The van der Waals surface area contributed by atoms with E-state index in [9.17, 15) is 13.6 Å². The topological polar surface area (TPSA) is 32.3 Å². The minimum atomic E-state index is -0.273. The van der Waals surface area contributed by atoms with Crippen LogP contribution in [-0.2, 0) is 0 Å². The number of halogens is 2. The van der Waals surface area contributed by atoms with E-state index in [2.05, 4.69) is 5.32 Å². The highest BCUT2D eigenvalue weighted by atomic mass is 19.1. The van der Waals surface area contributed by atoms with Gasteiger partial charge in [0.15, 0.2) is 0 Å². The van der Waals surface area contributed by atoms with Gasteiger partial charge >= 0.3 is 6.03 Å². The lowest BCUT2D eigenvalue weighted by Crippen LogP contribution is -2.34. The van der Waals surface area contributed by atoms with Crippen molar-refractivity contribution >= 4 is 11.7 Å². The van der Waals surface area contributed by atoms with Crippen molar-refractivity contribution in [2.45, 2.75) is 31.2 Å². The van der Waals surface area contributed by atoms with Gasteiger partial charge in [-0.3, -0.25) is 4.90 Å². The second-order valence-electron chi connectivity index (χ2n) is 7.63. The molecule has 1 aliphatic heterocycles. The third kappa shape index (κ3) is 4.51. The van der Waals surface area contributed by atoms with E-state index in [4.69, 9.17) is 0 Å². The Hall–Kier alpha value is -3.21. The van der Waals surface area contributed by atoms with Crippen LogP contribution < -0.4 is 10.2 Å². The number of nitrogens with zero attached hydrogens (tertiary/aromatic N) is 1. The monoisotopic (exact) mass is 406 g/mol. The number of amides is 2. The summed E-state index contributed by atoms with van der Waals surface area (Å²) < 4.78 is 26.8. The molecule has 0 saturated carbocycles. The number of para-hydroxylation sites is 1. The SMILES string of the molecule is O=C1NCC(CCCC(c2ccc(F)cc2)c2ccc(F)cc2)N1c1ccccc1. The number of hydrogen-bond acceptors (Lipinski definition) is 1. The third-order valence-corrected chi connectivity index (χ3v) is 5.68. The van der Waals surface area contributed by atoms with Crippen molar-refractivity contribution in [1.29, 1.82) is 0 Å². The van der Waals surface area contributed by atoms with Crippen LogP contribution in [0.3, 0.4) is 0 Å². The van der Waals surface area contributed by atoms with E-state index in [-0.39, 0.29) is 29.6 Å². The first-order valence-corrected chi connectivity index (χ1v) is 10.2. The molecule has 4 rings (SSSR count). The number of carbonyl (C=O) groups is 1. The molecule has 1 atom stereocenters. The Bertz CT molecular complexity index is 929. The van der Waals surface area contributed by atoms with Gasteiger partial charge in [0.2, 0.25) is 0 Å². The summed E-state index contributed by atoms with van der Waals surface area (Å²) in [5.41, 5.74) is 2.90. The number of anilines is 1. The maximum absolute atomic E-state index is 13.4. The fourth-order valence-corrected chi connectivity index (χ4v) is 4.17. The maximum atomic E-state index is 13.4. The van der Waals surface area contributed by atoms with Crippen molar-refractivity contribution in [2.24, 2.45) is 0 Å². The molecule has 1 fully saturated rings. The Morgan fingerprint density at radius 1 is 0.867 bits per heavy atom. The molecule has 5 heteroatoms. The van der Waals surface area contributed by atoms with Crippen LogP contribution in [0.15, 0.2) is 78.9 Å². The van der Waals surface area contributed by atoms with Crippen LogP contribution in [0.5, 0.6) is 0 Å². The lowest BCUT2D eigenvalue weighted by atomic mass is 9.86. The van der Waals surface area contributed by atoms with Crippen LogP contribution >= 0.6 is 0 Å². The van der Waals surface area contributed by atoms with E-state index in [0.29, 0.717) is 6.54 Å². The first-order valence-electron chi connectivity index (χ1n) is 10.2. The predicted molar refractivity (Wildman–Crippen MR) is 115 cm³/mol. The zero-order chi connectivity index (χ0) is 20.9. The quantitative estimate of drug-likeness (QED) is 0.523. The molecule has 3 aromatic rings. The van der Waals surface area contributed by atoms with E-state index in [1.807, 2.05) is 35.2 Å². The summed E-state index contributed by atoms with van der Waals surface area (Å²) in [5, 5.41) is 2.94. The molecule has 1 aliphatic rings. The zero-order valence-electron chi connectivity index (χ0n) is 16.6. The standard InChI is InChI=1S/C25H24F2N2O/c26-20-13-9-18(10-14-20)24(19-11-15-21(27)16-12-19)8-4-7-23-17-28-25(30)29(23)22-5-2-1-3-6-22/h1-3,5-6,9-16,23-24H,4,7-8,17H2,(H,28,30). The molecule has 30 heavy (non-hydrogen) atoms. The Labute approximate surface area is 175 Å². The number of urea groups is 1. The van der Waals surface area contributed by atoms with Crippen molar-refractivity contribution in [1.82, 2.24) is 5.32 Å². The maximum Gasteiger partial charge on any atom is 0.322 e. The number of rotatable bonds is 7. The van der Waals surface area contributed by atoms with Gasteiger partial charge in [0.05, 0.1) is 6.04 Å².